The summed E-state index contributed by atoms with van der Waals surface area (Å²) in [6, 6.07) is 14.9. The van der Waals surface area contributed by atoms with Crippen LogP contribution >= 0.6 is 0 Å². The number of aryl methyl sites for hydroxylation is 1. The van der Waals surface area contributed by atoms with Gasteiger partial charge in [0.15, 0.2) is 0 Å². The molecular weight excluding hydrogens is 386 g/mol. The Labute approximate surface area is 172 Å². The first-order valence-electron chi connectivity index (χ1n) is 10.1. The molecule has 1 saturated heterocycles. The van der Waals surface area contributed by atoms with E-state index in [0.29, 0.717) is 36.3 Å². The molecule has 0 spiro atoms. The Morgan fingerprint density at radius 2 is 1.76 bits per heavy atom. The highest BCUT2D eigenvalue weighted by atomic mass is 32.2. The van der Waals surface area contributed by atoms with Crippen molar-refractivity contribution in [1.82, 2.24) is 13.9 Å². The molecule has 154 valence electrons. The number of fused-ring (bicyclic) bond motifs is 1. The number of rotatable bonds is 6. The van der Waals surface area contributed by atoms with Gasteiger partial charge in [-0.1, -0.05) is 12.1 Å². The lowest BCUT2D eigenvalue weighted by molar-refractivity contribution is 0.253. The Kier molecular flexibility index (Phi) is 5.61. The van der Waals surface area contributed by atoms with Gasteiger partial charge in [0, 0.05) is 19.6 Å². The zero-order valence-electron chi connectivity index (χ0n) is 16.9. The molecule has 0 unspecified atom stereocenters. The average molecular weight is 414 g/mol. The standard InChI is InChI=1S/C22H27N3O3S/c1-3-28-19-8-10-20(11-9-19)29(26,27)24-14-12-18(13-15-24)16-25-17(2)23-21-6-4-5-7-22(21)25/h4-11,18H,3,12-16H2,1-2H3. The van der Waals surface area contributed by atoms with Gasteiger partial charge in [-0.05, 0) is 69.0 Å². The molecule has 6 nitrogen and oxygen atoms in total. The maximum atomic E-state index is 13.0. The first kappa shape index (κ1) is 19.9. The fourth-order valence-corrected chi connectivity index (χ4v) is 5.51. The van der Waals surface area contributed by atoms with Gasteiger partial charge in [-0.3, -0.25) is 0 Å². The molecular formula is C22H27N3O3S. The fraction of sp³-hybridized carbons (Fsp3) is 0.409. The Morgan fingerprint density at radius 3 is 2.45 bits per heavy atom. The van der Waals surface area contributed by atoms with E-state index < -0.39 is 10.0 Å². The van der Waals surface area contributed by atoms with Crippen LogP contribution in [-0.4, -0.2) is 42.0 Å². The molecule has 4 rings (SSSR count). The molecule has 2 aromatic carbocycles. The van der Waals surface area contributed by atoms with Gasteiger partial charge in [-0.25, -0.2) is 13.4 Å². The van der Waals surface area contributed by atoms with Crippen molar-refractivity contribution in [3.05, 3.63) is 54.4 Å². The maximum Gasteiger partial charge on any atom is 0.243 e. The maximum absolute atomic E-state index is 13.0. The summed E-state index contributed by atoms with van der Waals surface area (Å²) in [6.45, 7) is 6.47. The Balaban J connectivity index is 1.42. The minimum atomic E-state index is -3.46. The first-order valence-corrected chi connectivity index (χ1v) is 11.6. The molecule has 0 atom stereocenters. The molecule has 0 bridgehead atoms. The van der Waals surface area contributed by atoms with Crippen LogP contribution in [0.5, 0.6) is 5.75 Å². The molecule has 0 N–H and O–H groups in total. The summed E-state index contributed by atoms with van der Waals surface area (Å²) in [6.07, 6.45) is 1.70. The van der Waals surface area contributed by atoms with Gasteiger partial charge in [0.2, 0.25) is 10.0 Å². The van der Waals surface area contributed by atoms with Crippen LogP contribution in [0.2, 0.25) is 0 Å². The number of piperidine rings is 1. The lowest BCUT2D eigenvalue weighted by Gasteiger charge is -2.31. The number of hydrogen-bond acceptors (Lipinski definition) is 4. The van der Waals surface area contributed by atoms with Crippen molar-refractivity contribution in [3.63, 3.8) is 0 Å². The molecule has 1 aliphatic heterocycles. The third kappa shape index (κ3) is 4.02. The van der Waals surface area contributed by atoms with Crippen molar-refractivity contribution in [2.75, 3.05) is 19.7 Å². The second-order valence-electron chi connectivity index (χ2n) is 7.51. The van der Waals surface area contributed by atoms with E-state index in [4.69, 9.17) is 4.74 Å². The predicted molar refractivity (Wildman–Crippen MR) is 114 cm³/mol. The van der Waals surface area contributed by atoms with E-state index >= 15 is 0 Å². The van der Waals surface area contributed by atoms with Gasteiger partial charge in [0.05, 0.1) is 22.5 Å². The third-order valence-electron chi connectivity index (χ3n) is 5.63. The van der Waals surface area contributed by atoms with Crippen LogP contribution in [0.15, 0.2) is 53.4 Å². The second kappa shape index (κ2) is 8.16. The molecule has 1 aromatic heterocycles. The molecule has 7 heteroatoms. The van der Waals surface area contributed by atoms with E-state index in [2.05, 4.69) is 15.6 Å². The summed E-state index contributed by atoms with van der Waals surface area (Å²) >= 11 is 0. The van der Waals surface area contributed by atoms with Crippen LogP contribution in [0.3, 0.4) is 0 Å². The zero-order chi connectivity index (χ0) is 20.4. The molecule has 0 radical (unpaired) electrons. The van der Waals surface area contributed by atoms with Gasteiger partial charge in [-0.15, -0.1) is 0 Å². The number of aromatic nitrogens is 2. The number of benzene rings is 2. The minimum absolute atomic E-state index is 0.329. The van der Waals surface area contributed by atoms with Gasteiger partial charge < -0.3 is 9.30 Å². The van der Waals surface area contributed by atoms with E-state index in [1.54, 1.807) is 28.6 Å². The van der Waals surface area contributed by atoms with Gasteiger partial charge >= 0.3 is 0 Å². The summed E-state index contributed by atoms with van der Waals surface area (Å²) in [5.41, 5.74) is 2.16. The second-order valence-corrected chi connectivity index (χ2v) is 9.45. The number of sulfonamides is 1. The monoisotopic (exact) mass is 413 g/mol. The molecule has 1 fully saturated rings. The molecule has 2 heterocycles. The number of ether oxygens (including phenoxy) is 1. The topological polar surface area (TPSA) is 64.4 Å². The minimum Gasteiger partial charge on any atom is -0.494 e. The Hall–Kier alpha value is -2.38. The van der Waals surface area contributed by atoms with E-state index in [1.165, 1.54) is 0 Å². The first-order chi connectivity index (χ1) is 14.0. The molecule has 0 amide bonds. The quantitative estimate of drug-likeness (QED) is 0.616. The highest BCUT2D eigenvalue weighted by Gasteiger charge is 2.30. The van der Waals surface area contributed by atoms with Crippen LogP contribution in [0, 0.1) is 12.8 Å². The van der Waals surface area contributed by atoms with Crippen molar-refractivity contribution < 1.29 is 13.2 Å². The van der Waals surface area contributed by atoms with Crippen LogP contribution in [-0.2, 0) is 16.6 Å². The lowest BCUT2D eigenvalue weighted by atomic mass is 9.98. The summed E-state index contributed by atoms with van der Waals surface area (Å²) in [4.78, 5) is 4.97. The normalized spacial score (nSPS) is 16.3. The van der Waals surface area contributed by atoms with Crippen LogP contribution in [0.25, 0.3) is 11.0 Å². The largest absolute Gasteiger partial charge is 0.494 e. The van der Waals surface area contributed by atoms with Gasteiger partial charge in [0.25, 0.3) is 0 Å². The zero-order valence-corrected chi connectivity index (χ0v) is 17.7. The SMILES string of the molecule is CCOc1ccc(S(=O)(=O)N2CCC(Cn3c(C)nc4ccccc43)CC2)cc1. The van der Waals surface area contributed by atoms with Crippen LogP contribution < -0.4 is 4.74 Å². The molecule has 3 aromatic rings. The van der Waals surface area contributed by atoms with E-state index in [9.17, 15) is 8.42 Å². The number of imidazole rings is 1. The molecule has 1 aliphatic rings. The molecule has 0 saturated carbocycles. The average Bonchev–Trinajstić information content (AvgIpc) is 3.04. The number of nitrogens with zero attached hydrogens (tertiary/aromatic N) is 3. The van der Waals surface area contributed by atoms with Crippen molar-refractivity contribution in [2.24, 2.45) is 5.92 Å². The van der Waals surface area contributed by atoms with Gasteiger partial charge in [-0.2, -0.15) is 4.31 Å². The lowest BCUT2D eigenvalue weighted by Crippen LogP contribution is -2.39. The summed E-state index contributed by atoms with van der Waals surface area (Å²) in [5, 5.41) is 0. The van der Waals surface area contributed by atoms with Crippen LogP contribution in [0.4, 0.5) is 0 Å². The highest BCUT2D eigenvalue weighted by molar-refractivity contribution is 7.89. The predicted octanol–water partition coefficient (Wildman–Crippen LogP) is 3.84. The van der Waals surface area contributed by atoms with E-state index in [-0.39, 0.29) is 0 Å². The molecule has 29 heavy (non-hydrogen) atoms. The van der Waals surface area contributed by atoms with Crippen molar-refractivity contribution in [3.8, 4) is 5.75 Å². The van der Waals surface area contributed by atoms with E-state index in [0.717, 1.165) is 36.2 Å². The highest BCUT2D eigenvalue weighted by Crippen LogP contribution is 2.27. The smallest absolute Gasteiger partial charge is 0.243 e. The van der Waals surface area contributed by atoms with Crippen molar-refractivity contribution in [2.45, 2.75) is 38.1 Å². The number of para-hydroxylation sites is 2. The summed E-state index contributed by atoms with van der Waals surface area (Å²) < 4.78 is 35.2. The van der Waals surface area contributed by atoms with Crippen LogP contribution in [0.1, 0.15) is 25.6 Å². The van der Waals surface area contributed by atoms with Crippen molar-refractivity contribution in [1.29, 1.82) is 0 Å². The summed E-state index contributed by atoms with van der Waals surface area (Å²) in [5.74, 6) is 2.14. The van der Waals surface area contributed by atoms with Crippen molar-refractivity contribution >= 4 is 21.1 Å². The number of hydrogen-bond donors (Lipinski definition) is 0. The Bertz CT molecular complexity index is 1080. The third-order valence-corrected chi connectivity index (χ3v) is 7.55. The Morgan fingerprint density at radius 1 is 1.07 bits per heavy atom. The molecule has 0 aliphatic carbocycles. The fourth-order valence-electron chi connectivity index (χ4n) is 4.04. The van der Waals surface area contributed by atoms with Gasteiger partial charge in [0.1, 0.15) is 11.6 Å². The van der Waals surface area contributed by atoms with E-state index in [1.807, 2.05) is 32.0 Å². The summed E-state index contributed by atoms with van der Waals surface area (Å²) in [7, 11) is -3.46.